The van der Waals surface area contributed by atoms with E-state index in [1.165, 1.54) is 82.3 Å². The predicted molar refractivity (Wildman–Crippen MR) is 130 cm³/mol. The molecule has 0 radical (unpaired) electrons. The second kappa shape index (κ2) is 12.1. The molecule has 2 aliphatic carbocycles. The third-order valence-electron chi connectivity index (χ3n) is 8.29. The highest BCUT2D eigenvalue weighted by Gasteiger charge is 2.30. The number of ether oxygens (including phenoxy) is 1. The van der Waals surface area contributed by atoms with Gasteiger partial charge in [-0.3, -0.25) is 4.98 Å². The second-order valence-corrected chi connectivity index (χ2v) is 10.4. The van der Waals surface area contributed by atoms with E-state index in [0.29, 0.717) is 11.3 Å². The van der Waals surface area contributed by atoms with Gasteiger partial charge in [0.15, 0.2) is 11.6 Å². The molecule has 0 amide bonds. The van der Waals surface area contributed by atoms with Gasteiger partial charge in [0.25, 0.3) is 0 Å². The van der Waals surface area contributed by atoms with Gasteiger partial charge in [-0.25, -0.2) is 8.78 Å². The molecule has 0 bridgehead atoms. The van der Waals surface area contributed by atoms with Crippen molar-refractivity contribution in [3.8, 4) is 11.3 Å². The van der Waals surface area contributed by atoms with Crippen LogP contribution in [0.15, 0.2) is 36.5 Å². The van der Waals surface area contributed by atoms with Gasteiger partial charge in [-0.05, 0) is 105 Å². The van der Waals surface area contributed by atoms with Crippen molar-refractivity contribution >= 4 is 0 Å². The summed E-state index contributed by atoms with van der Waals surface area (Å²) in [4.78, 5) is 4.49. The van der Waals surface area contributed by atoms with Crippen LogP contribution in [0.25, 0.3) is 11.3 Å². The van der Waals surface area contributed by atoms with Crippen LogP contribution in [0.4, 0.5) is 8.78 Å². The fourth-order valence-corrected chi connectivity index (χ4v) is 6.18. The summed E-state index contributed by atoms with van der Waals surface area (Å²) in [5.74, 6) is 2.04. The number of hydrogen-bond acceptors (Lipinski definition) is 2. The Morgan fingerprint density at radius 2 is 1.48 bits per heavy atom. The molecule has 1 aromatic carbocycles. The van der Waals surface area contributed by atoms with Crippen LogP contribution in [0.5, 0.6) is 0 Å². The van der Waals surface area contributed by atoms with Crippen molar-refractivity contribution in [2.45, 2.75) is 77.0 Å². The molecule has 0 saturated heterocycles. The summed E-state index contributed by atoms with van der Waals surface area (Å²) >= 11 is 0. The molecule has 4 rings (SSSR count). The molecule has 0 atom stereocenters. The predicted octanol–water partition coefficient (Wildman–Crippen LogP) is 8.00. The standard InChI is InChI=1S/C29H39F2NO/c1-33-18-2-3-21-6-11-24(12-7-21)25-13-8-22(9-14-25)4-5-23-10-17-29(32-20-23)26-15-16-27(30)28(31)19-26/h10,15-17,19-22,24-25H,2-9,11-14,18H2,1H3. The smallest absolute Gasteiger partial charge is 0.159 e. The molecule has 1 heterocycles. The minimum atomic E-state index is -0.830. The Bertz CT molecular complexity index is 852. The summed E-state index contributed by atoms with van der Waals surface area (Å²) in [6.07, 6.45) is 18.1. The van der Waals surface area contributed by atoms with E-state index in [4.69, 9.17) is 4.74 Å². The van der Waals surface area contributed by atoms with Crippen LogP contribution in [0.1, 0.15) is 76.2 Å². The normalized spacial score (nSPS) is 25.8. The van der Waals surface area contributed by atoms with Gasteiger partial charge in [0, 0.05) is 25.5 Å². The van der Waals surface area contributed by atoms with Crippen LogP contribution in [0.2, 0.25) is 0 Å². The van der Waals surface area contributed by atoms with Crippen LogP contribution >= 0.6 is 0 Å². The van der Waals surface area contributed by atoms with Crippen molar-refractivity contribution in [3.63, 3.8) is 0 Å². The Morgan fingerprint density at radius 1 is 0.818 bits per heavy atom. The fourth-order valence-electron chi connectivity index (χ4n) is 6.18. The molecule has 0 spiro atoms. The Labute approximate surface area is 198 Å². The zero-order valence-electron chi connectivity index (χ0n) is 20.1. The minimum absolute atomic E-state index is 0.614. The number of nitrogens with zero attached hydrogens (tertiary/aromatic N) is 1. The van der Waals surface area contributed by atoms with Crippen molar-refractivity contribution in [2.75, 3.05) is 13.7 Å². The minimum Gasteiger partial charge on any atom is -0.385 e. The number of methoxy groups -OCH3 is 1. The first-order valence-corrected chi connectivity index (χ1v) is 13.0. The van der Waals surface area contributed by atoms with Crippen molar-refractivity contribution in [3.05, 3.63) is 53.7 Å². The monoisotopic (exact) mass is 455 g/mol. The van der Waals surface area contributed by atoms with Gasteiger partial charge in [-0.15, -0.1) is 0 Å². The van der Waals surface area contributed by atoms with Gasteiger partial charge < -0.3 is 4.74 Å². The SMILES string of the molecule is COCCCC1CCC(C2CCC(CCc3ccc(-c4ccc(F)c(F)c4)nc3)CC2)CC1. The average Bonchev–Trinajstić information content (AvgIpc) is 2.86. The average molecular weight is 456 g/mol. The molecule has 180 valence electrons. The zero-order valence-corrected chi connectivity index (χ0v) is 20.1. The molecule has 2 aromatic rings. The first-order valence-electron chi connectivity index (χ1n) is 13.0. The molecular weight excluding hydrogens is 416 g/mol. The number of aromatic nitrogens is 1. The summed E-state index contributed by atoms with van der Waals surface area (Å²) in [6.45, 7) is 0.915. The van der Waals surface area contributed by atoms with Crippen LogP contribution in [-0.4, -0.2) is 18.7 Å². The molecule has 1 aromatic heterocycles. The molecule has 2 saturated carbocycles. The summed E-state index contributed by atoms with van der Waals surface area (Å²) in [5.41, 5.74) is 2.53. The molecule has 0 unspecified atom stereocenters. The molecule has 2 fully saturated rings. The van der Waals surface area contributed by atoms with E-state index in [9.17, 15) is 8.78 Å². The number of benzene rings is 1. The zero-order chi connectivity index (χ0) is 23.0. The molecule has 4 heteroatoms. The second-order valence-electron chi connectivity index (χ2n) is 10.4. The lowest BCUT2D eigenvalue weighted by atomic mass is 9.68. The number of hydrogen-bond donors (Lipinski definition) is 0. The van der Waals surface area contributed by atoms with Crippen molar-refractivity contribution in [1.29, 1.82) is 0 Å². The Hall–Kier alpha value is -1.81. The number of aryl methyl sites for hydroxylation is 1. The highest BCUT2D eigenvalue weighted by molar-refractivity contribution is 5.59. The van der Waals surface area contributed by atoms with Gasteiger partial charge in [-0.1, -0.05) is 31.7 Å². The molecule has 0 aliphatic heterocycles. The number of rotatable bonds is 9. The third kappa shape index (κ3) is 6.85. The molecule has 0 N–H and O–H groups in total. The first-order chi connectivity index (χ1) is 16.1. The first kappa shape index (κ1) is 24.3. The van der Waals surface area contributed by atoms with E-state index in [-0.39, 0.29) is 0 Å². The van der Waals surface area contributed by atoms with Gasteiger partial charge in [0.05, 0.1) is 5.69 Å². The maximum atomic E-state index is 13.5. The summed E-state index contributed by atoms with van der Waals surface area (Å²) in [7, 11) is 1.80. The summed E-state index contributed by atoms with van der Waals surface area (Å²) in [6, 6.07) is 7.95. The van der Waals surface area contributed by atoms with Crippen molar-refractivity contribution in [2.24, 2.45) is 23.7 Å². The Morgan fingerprint density at radius 3 is 2.06 bits per heavy atom. The summed E-state index contributed by atoms with van der Waals surface area (Å²) in [5, 5.41) is 0. The maximum Gasteiger partial charge on any atom is 0.159 e. The van der Waals surface area contributed by atoms with Crippen LogP contribution in [-0.2, 0) is 11.2 Å². The van der Waals surface area contributed by atoms with E-state index in [2.05, 4.69) is 11.1 Å². The quantitative estimate of drug-likeness (QED) is 0.357. The van der Waals surface area contributed by atoms with Crippen molar-refractivity contribution < 1.29 is 13.5 Å². The number of pyridine rings is 1. The molecular formula is C29H39F2NO. The van der Waals surface area contributed by atoms with Crippen LogP contribution in [0.3, 0.4) is 0 Å². The van der Waals surface area contributed by atoms with E-state index < -0.39 is 11.6 Å². The van der Waals surface area contributed by atoms with Gasteiger partial charge >= 0.3 is 0 Å². The number of halogens is 2. The van der Waals surface area contributed by atoms with E-state index >= 15 is 0 Å². The maximum absolute atomic E-state index is 13.5. The van der Waals surface area contributed by atoms with E-state index in [0.717, 1.165) is 42.8 Å². The topological polar surface area (TPSA) is 22.1 Å². The van der Waals surface area contributed by atoms with Crippen molar-refractivity contribution in [1.82, 2.24) is 4.98 Å². The third-order valence-corrected chi connectivity index (χ3v) is 8.29. The van der Waals surface area contributed by atoms with Gasteiger partial charge in [-0.2, -0.15) is 0 Å². The summed E-state index contributed by atoms with van der Waals surface area (Å²) < 4.78 is 31.8. The highest BCUT2D eigenvalue weighted by Crippen LogP contribution is 2.43. The largest absolute Gasteiger partial charge is 0.385 e. The van der Waals surface area contributed by atoms with Gasteiger partial charge in [0.2, 0.25) is 0 Å². The van der Waals surface area contributed by atoms with Gasteiger partial charge in [0.1, 0.15) is 0 Å². The Balaban J connectivity index is 1.17. The van der Waals surface area contributed by atoms with Crippen LogP contribution < -0.4 is 0 Å². The van der Waals surface area contributed by atoms with E-state index in [1.807, 2.05) is 12.3 Å². The fraction of sp³-hybridized carbons (Fsp3) is 0.621. The van der Waals surface area contributed by atoms with E-state index in [1.54, 1.807) is 13.2 Å². The molecule has 33 heavy (non-hydrogen) atoms. The lowest BCUT2D eigenvalue weighted by Crippen LogP contribution is -2.26. The highest BCUT2D eigenvalue weighted by atomic mass is 19.2. The lowest BCUT2D eigenvalue weighted by molar-refractivity contribution is 0.133. The molecule has 2 nitrogen and oxygen atoms in total. The lowest BCUT2D eigenvalue weighted by Gasteiger charge is -2.38. The Kier molecular flexibility index (Phi) is 8.89. The molecule has 2 aliphatic rings. The van der Waals surface area contributed by atoms with Crippen LogP contribution in [0, 0.1) is 35.3 Å².